The number of benzene rings is 1. The SMILES string of the molecule is COc1cc(-c2cc(C(=O)N3CC(Oc4ccc(C(F)(F)F)cn4)C3)[nH]n2)cc(OC)c1OC. The number of aromatic amines is 1. The highest BCUT2D eigenvalue weighted by atomic mass is 19.4. The van der Waals surface area contributed by atoms with Crippen LogP contribution in [0, 0.1) is 0 Å². The van der Waals surface area contributed by atoms with Gasteiger partial charge in [0, 0.05) is 17.8 Å². The van der Waals surface area contributed by atoms with Gasteiger partial charge in [-0.3, -0.25) is 9.89 Å². The Morgan fingerprint density at radius 2 is 1.74 bits per heavy atom. The van der Waals surface area contributed by atoms with Crippen LogP contribution < -0.4 is 18.9 Å². The van der Waals surface area contributed by atoms with Crippen molar-refractivity contribution >= 4 is 5.91 Å². The van der Waals surface area contributed by atoms with Gasteiger partial charge in [-0.25, -0.2) is 4.98 Å². The highest BCUT2D eigenvalue weighted by Crippen LogP contribution is 2.41. The van der Waals surface area contributed by atoms with E-state index in [1.807, 2.05) is 0 Å². The Hall–Kier alpha value is -3.96. The normalized spacial score (nSPS) is 13.9. The van der Waals surface area contributed by atoms with E-state index in [-0.39, 0.29) is 36.7 Å². The second-order valence-corrected chi connectivity index (χ2v) is 7.41. The molecule has 1 fully saturated rings. The molecule has 0 unspecified atom stereocenters. The number of hydrogen-bond donors (Lipinski definition) is 1. The average molecular weight is 478 g/mol. The van der Waals surface area contributed by atoms with Gasteiger partial charge in [-0.05, 0) is 24.3 Å². The Bertz CT molecular complexity index is 1150. The van der Waals surface area contributed by atoms with E-state index in [1.165, 1.54) is 26.2 Å². The van der Waals surface area contributed by atoms with Crippen molar-refractivity contribution in [2.75, 3.05) is 34.4 Å². The number of aromatic nitrogens is 3. The number of methoxy groups -OCH3 is 3. The first-order valence-corrected chi connectivity index (χ1v) is 10.1. The van der Waals surface area contributed by atoms with E-state index >= 15 is 0 Å². The topological polar surface area (TPSA) is 98.8 Å². The van der Waals surface area contributed by atoms with E-state index in [2.05, 4.69) is 15.2 Å². The Kier molecular flexibility index (Phi) is 6.22. The lowest BCUT2D eigenvalue weighted by molar-refractivity contribution is -0.137. The number of pyridine rings is 1. The molecule has 1 aliphatic heterocycles. The maximum Gasteiger partial charge on any atom is 0.417 e. The molecule has 0 radical (unpaired) electrons. The number of amides is 1. The van der Waals surface area contributed by atoms with Crippen LogP contribution in [0.2, 0.25) is 0 Å². The summed E-state index contributed by atoms with van der Waals surface area (Å²) in [6.45, 7) is 0.528. The molecule has 1 saturated heterocycles. The van der Waals surface area contributed by atoms with Crippen LogP contribution >= 0.6 is 0 Å². The minimum atomic E-state index is -4.46. The fourth-order valence-corrected chi connectivity index (χ4v) is 3.45. The number of nitrogens with one attached hydrogen (secondary N) is 1. The summed E-state index contributed by atoms with van der Waals surface area (Å²) in [6.07, 6.45) is -4.12. The van der Waals surface area contributed by atoms with Gasteiger partial charge in [-0.2, -0.15) is 18.3 Å². The van der Waals surface area contributed by atoms with E-state index in [9.17, 15) is 18.0 Å². The van der Waals surface area contributed by atoms with Gasteiger partial charge in [-0.1, -0.05) is 0 Å². The third-order valence-corrected chi connectivity index (χ3v) is 5.26. The van der Waals surface area contributed by atoms with Gasteiger partial charge < -0.3 is 23.8 Å². The first kappa shape index (κ1) is 23.2. The molecule has 1 N–H and O–H groups in total. The zero-order valence-corrected chi connectivity index (χ0v) is 18.5. The summed E-state index contributed by atoms with van der Waals surface area (Å²) in [4.78, 5) is 18.0. The van der Waals surface area contributed by atoms with Gasteiger partial charge in [-0.15, -0.1) is 0 Å². The highest BCUT2D eigenvalue weighted by Gasteiger charge is 2.35. The van der Waals surface area contributed by atoms with Crippen molar-refractivity contribution in [1.29, 1.82) is 0 Å². The molecular formula is C22H21F3N4O5. The molecule has 12 heteroatoms. The standard InChI is InChI=1S/C22H21F3N4O5/c1-31-17-6-12(7-18(32-2)20(17)33-3)15-8-16(28-27-15)21(30)29-10-14(11-29)34-19-5-4-13(9-26-19)22(23,24)25/h4-9,14H,10-11H2,1-3H3,(H,27,28). The lowest BCUT2D eigenvalue weighted by Gasteiger charge is -2.38. The molecule has 9 nitrogen and oxygen atoms in total. The number of ether oxygens (including phenoxy) is 4. The second-order valence-electron chi connectivity index (χ2n) is 7.41. The van der Waals surface area contributed by atoms with E-state index in [0.717, 1.165) is 12.1 Å². The maximum absolute atomic E-state index is 12.8. The first-order chi connectivity index (χ1) is 16.2. The average Bonchev–Trinajstić information content (AvgIpc) is 3.30. The van der Waals surface area contributed by atoms with Gasteiger partial charge in [0.15, 0.2) is 11.5 Å². The van der Waals surface area contributed by atoms with Crippen LogP contribution in [0.25, 0.3) is 11.3 Å². The quantitative estimate of drug-likeness (QED) is 0.556. The Balaban J connectivity index is 1.39. The molecule has 0 saturated carbocycles. The van der Waals surface area contributed by atoms with Crippen molar-refractivity contribution < 1.29 is 36.9 Å². The van der Waals surface area contributed by atoms with Gasteiger partial charge in [0.05, 0.1) is 45.7 Å². The van der Waals surface area contributed by atoms with Crippen molar-refractivity contribution in [2.45, 2.75) is 12.3 Å². The van der Waals surface area contributed by atoms with Crippen LogP contribution in [0.3, 0.4) is 0 Å². The fraction of sp³-hybridized carbons (Fsp3) is 0.318. The third-order valence-electron chi connectivity index (χ3n) is 5.26. The first-order valence-electron chi connectivity index (χ1n) is 10.1. The molecule has 4 rings (SSSR count). The molecule has 3 aromatic rings. The maximum atomic E-state index is 12.8. The van der Waals surface area contributed by atoms with E-state index in [1.54, 1.807) is 18.2 Å². The van der Waals surface area contributed by atoms with Gasteiger partial charge >= 0.3 is 6.18 Å². The predicted molar refractivity (Wildman–Crippen MR) is 113 cm³/mol. The molecule has 34 heavy (non-hydrogen) atoms. The lowest BCUT2D eigenvalue weighted by Crippen LogP contribution is -2.56. The highest BCUT2D eigenvalue weighted by molar-refractivity contribution is 5.94. The number of H-pyrrole nitrogens is 1. The second kappa shape index (κ2) is 9.12. The fourth-order valence-electron chi connectivity index (χ4n) is 3.45. The smallest absolute Gasteiger partial charge is 0.417 e. The Labute approximate surface area is 192 Å². The van der Waals surface area contributed by atoms with Crippen molar-refractivity contribution in [3.63, 3.8) is 0 Å². The zero-order valence-electron chi connectivity index (χ0n) is 18.5. The summed E-state index contributed by atoms with van der Waals surface area (Å²) in [5, 5.41) is 6.94. The van der Waals surface area contributed by atoms with Crippen molar-refractivity contribution in [1.82, 2.24) is 20.1 Å². The zero-order chi connectivity index (χ0) is 24.5. The summed E-state index contributed by atoms with van der Waals surface area (Å²) in [5.41, 5.74) is 0.579. The number of carbonyl (C=O) groups is 1. The molecule has 0 atom stereocenters. The van der Waals surface area contributed by atoms with Crippen LogP contribution in [0.4, 0.5) is 13.2 Å². The van der Waals surface area contributed by atoms with Crippen LogP contribution in [0.5, 0.6) is 23.1 Å². The third kappa shape index (κ3) is 4.56. The van der Waals surface area contributed by atoms with Gasteiger partial charge in [0.25, 0.3) is 5.91 Å². The van der Waals surface area contributed by atoms with Crippen LogP contribution in [-0.4, -0.2) is 66.5 Å². The van der Waals surface area contributed by atoms with E-state index in [4.69, 9.17) is 18.9 Å². The number of likely N-dealkylation sites (tertiary alicyclic amines) is 1. The summed E-state index contributed by atoms with van der Waals surface area (Å²) in [7, 11) is 4.51. The number of carbonyl (C=O) groups excluding carboxylic acids is 1. The molecule has 3 heterocycles. The summed E-state index contributed by atoms with van der Waals surface area (Å²) in [6, 6.07) is 7.10. The largest absolute Gasteiger partial charge is 0.493 e. The number of nitrogens with zero attached hydrogens (tertiary/aromatic N) is 3. The number of halogens is 3. The monoisotopic (exact) mass is 478 g/mol. The molecular weight excluding hydrogens is 457 g/mol. The number of rotatable bonds is 7. The minimum Gasteiger partial charge on any atom is -0.493 e. The van der Waals surface area contributed by atoms with Crippen molar-refractivity contribution in [3.8, 4) is 34.4 Å². The molecule has 1 aliphatic rings. The van der Waals surface area contributed by atoms with Crippen molar-refractivity contribution in [3.05, 3.63) is 47.8 Å². The molecule has 0 bridgehead atoms. The van der Waals surface area contributed by atoms with Crippen LogP contribution in [0.1, 0.15) is 16.1 Å². The predicted octanol–water partition coefficient (Wildman–Crippen LogP) is 3.42. The molecule has 0 spiro atoms. The molecule has 180 valence electrons. The lowest BCUT2D eigenvalue weighted by atomic mass is 10.1. The molecule has 2 aromatic heterocycles. The van der Waals surface area contributed by atoms with Gasteiger partial charge in [0.1, 0.15) is 11.8 Å². The molecule has 0 aliphatic carbocycles. The van der Waals surface area contributed by atoms with Crippen LogP contribution in [-0.2, 0) is 6.18 Å². The van der Waals surface area contributed by atoms with Crippen LogP contribution in [0.15, 0.2) is 36.5 Å². The number of alkyl halides is 3. The van der Waals surface area contributed by atoms with E-state index in [0.29, 0.717) is 34.7 Å². The Morgan fingerprint density at radius 1 is 1.06 bits per heavy atom. The van der Waals surface area contributed by atoms with Gasteiger partial charge in [0.2, 0.25) is 11.6 Å². The summed E-state index contributed by atoms with van der Waals surface area (Å²) < 4.78 is 59.4. The van der Waals surface area contributed by atoms with Crippen molar-refractivity contribution in [2.24, 2.45) is 0 Å². The number of hydrogen-bond acceptors (Lipinski definition) is 7. The Morgan fingerprint density at radius 3 is 2.26 bits per heavy atom. The van der Waals surface area contributed by atoms with E-state index < -0.39 is 11.7 Å². The minimum absolute atomic E-state index is 0.0660. The molecule has 1 amide bonds. The summed E-state index contributed by atoms with van der Waals surface area (Å²) in [5.74, 6) is 1.12. The summed E-state index contributed by atoms with van der Waals surface area (Å²) >= 11 is 0. The molecule has 1 aromatic carbocycles.